The number of nitrogens with zero attached hydrogens (tertiary/aromatic N) is 3. The first kappa shape index (κ1) is 15.2. The second-order valence-corrected chi connectivity index (χ2v) is 6.14. The van der Waals surface area contributed by atoms with Gasteiger partial charge in [-0.15, -0.1) is 0 Å². The highest BCUT2D eigenvalue weighted by molar-refractivity contribution is 5.63. The summed E-state index contributed by atoms with van der Waals surface area (Å²) in [7, 11) is 0. The van der Waals surface area contributed by atoms with Crippen molar-refractivity contribution in [3.05, 3.63) is 34.4 Å². The molecule has 3 rings (SSSR count). The van der Waals surface area contributed by atoms with Crippen LogP contribution in [0.2, 0.25) is 0 Å². The molecule has 2 aliphatic heterocycles. The monoisotopic (exact) mass is 305 g/mol. The molecule has 0 aromatic heterocycles. The average molecular weight is 305 g/mol. The molecule has 22 heavy (non-hydrogen) atoms. The number of benzene rings is 1. The summed E-state index contributed by atoms with van der Waals surface area (Å²) < 4.78 is 5.60. The van der Waals surface area contributed by atoms with Gasteiger partial charge in [-0.3, -0.25) is 15.0 Å². The molecule has 120 valence electrons. The number of para-hydroxylation sites is 2. The summed E-state index contributed by atoms with van der Waals surface area (Å²) in [6.07, 6.45) is 2.42. The summed E-state index contributed by atoms with van der Waals surface area (Å²) in [6.45, 7) is 6.68. The zero-order valence-electron chi connectivity index (χ0n) is 13.0. The molecule has 0 bridgehead atoms. The number of piperidine rings is 1. The van der Waals surface area contributed by atoms with Crippen molar-refractivity contribution < 1.29 is 9.66 Å². The molecule has 1 aromatic carbocycles. The van der Waals surface area contributed by atoms with Crippen LogP contribution in [0.15, 0.2) is 24.3 Å². The molecule has 6 nitrogen and oxygen atoms in total. The fraction of sp³-hybridized carbons (Fsp3) is 0.625. The van der Waals surface area contributed by atoms with E-state index in [9.17, 15) is 10.1 Å². The van der Waals surface area contributed by atoms with Crippen LogP contribution in [0.1, 0.15) is 19.8 Å². The van der Waals surface area contributed by atoms with Gasteiger partial charge in [-0.2, -0.15) is 0 Å². The van der Waals surface area contributed by atoms with Gasteiger partial charge in [0.1, 0.15) is 5.69 Å². The normalized spacial score (nSPS) is 24.4. The minimum absolute atomic E-state index is 0.209. The maximum absolute atomic E-state index is 11.2. The average Bonchev–Trinajstić information content (AvgIpc) is 2.55. The topological polar surface area (TPSA) is 58.9 Å². The molecular formula is C16H23N3O3. The quantitative estimate of drug-likeness (QED) is 0.633. The number of nitro benzene ring substituents is 1. The lowest BCUT2D eigenvalue weighted by Crippen LogP contribution is -2.51. The molecule has 0 radical (unpaired) electrons. The van der Waals surface area contributed by atoms with Crippen LogP contribution >= 0.6 is 0 Å². The first-order valence-electron chi connectivity index (χ1n) is 7.99. The van der Waals surface area contributed by atoms with Crippen LogP contribution < -0.4 is 4.90 Å². The molecule has 0 amide bonds. The third kappa shape index (κ3) is 3.23. The van der Waals surface area contributed by atoms with Gasteiger partial charge in [-0.05, 0) is 25.8 Å². The van der Waals surface area contributed by atoms with Gasteiger partial charge in [0.25, 0.3) is 5.69 Å². The van der Waals surface area contributed by atoms with E-state index >= 15 is 0 Å². The van der Waals surface area contributed by atoms with Crippen molar-refractivity contribution in [3.8, 4) is 0 Å². The van der Waals surface area contributed by atoms with E-state index in [0.717, 1.165) is 51.3 Å². The predicted molar refractivity (Wildman–Crippen MR) is 85.3 cm³/mol. The fourth-order valence-corrected chi connectivity index (χ4v) is 3.53. The van der Waals surface area contributed by atoms with Gasteiger partial charge < -0.3 is 9.64 Å². The van der Waals surface area contributed by atoms with E-state index in [0.29, 0.717) is 12.1 Å². The predicted octanol–water partition coefficient (Wildman–Crippen LogP) is 2.28. The minimum atomic E-state index is -0.287. The zero-order chi connectivity index (χ0) is 15.5. The lowest BCUT2D eigenvalue weighted by atomic mass is 10.0. The SMILES string of the molecule is CC1CN(C2CCN(c3ccccc3[N+](=O)[O-])CC2)CCO1. The van der Waals surface area contributed by atoms with Gasteiger partial charge in [-0.1, -0.05) is 12.1 Å². The number of hydrogen-bond donors (Lipinski definition) is 0. The summed E-state index contributed by atoms with van der Waals surface area (Å²) in [5.41, 5.74) is 0.960. The Kier molecular flexibility index (Phi) is 4.59. The van der Waals surface area contributed by atoms with Crippen LogP contribution in [0.4, 0.5) is 11.4 Å². The van der Waals surface area contributed by atoms with Gasteiger partial charge in [0, 0.05) is 38.3 Å². The fourth-order valence-electron chi connectivity index (χ4n) is 3.53. The van der Waals surface area contributed by atoms with Crippen LogP contribution in [0.25, 0.3) is 0 Å². The third-order valence-corrected chi connectivity index (χ3v) is 4.67. The summed E-state index contributed by atoms with van der Waals surface area (Å²) in [5.74, 6) is 0. The van der Waals surface area contributed by atoms with E-state index in [1.807, 2.05) is 12.1 Å². The maximum Gasteiger partial charge on any atom is 0.292 e. The summed E-state index contributed by atoms with van der Waals surface area (Å²) in [6, 6.07) is 7.62. The molecule has 0 N–H and O–H groups in total. The van der Waals surface area contributed by atoms with Crippen LogP contribution in [0.3, 0.4) is 0 Å². The molecule has 6 heteroatoms. The van der Waals surface area contributed by atoms with Crippen molar-refractivity contribution in [1.82, 2.24) is 4.90 Å². The Morgan fingerprint density at radius 1 is 1.23 bits per heavy atom. The molecule has 2 aliphatic rings. The molecule has 1 unspecified atom stereocenters. The number of rotatable bonds is 3. The van der Waals surface area contributed by atoms with Gasteiger partial charge >= 0.3 is 0 Å². The first-order chi connectivity index (χ1) is 10.6. The van der Waals surface area contributed by atoms with Gasteiger partial charge in [-0.25, -0.2) is 0 Å². The largest absolute Gasteiger partial charge is 0.376 e. The highest BCUT2D eigenvalue weighted by atomic mass is 16.6. The summed E-state index contributed by atoms with van der Waals surface area (Å²) in [4.78, 5) is 15.6. The van der Waals surface area contributed by atoms with Crippen LogP contribution in [-0.2, 0) is 4.74 Å². The number of nitro groups is 1. The number of hydrogen-bond acceptors (Lipinski definition) is 5. The Balaban J connectivity index is 1.63. The van der Waals surface area contributed by atoms with Crippen LogP contribution in [0, 0.1) is 10.1 Å². The Morgan fingerprint density at radius 3 is 2.64 bits per heavy atom. The lowest BCUT2D eigenvalue weighted by molar-refractivity contribution is -0.384. The second-order valence-electron chi connectivity index (χ2n) is 6.14. The van der Waals surface area contributed by atoms with Crippen molar-refractivity contribution in [2.24, 2.45) is 0 Å². The zero-order valence-corrected chi connectivity index (χ0v) is 13.0. The molecule has 2 fully saturated rings. The van der Waals surface area contributed by atoms with Crippen molar-refractivity contribution in [3.63, 3.8) is 0 Å². The molecule has 1 atom stereocenters. The number of ether oxygens (including phenoxy) is 1. The van der Waals surface area contributed by atoms with E-state index in [1.54, 1.807) is 12.1 Å². The molecular weight excluding hydrogens is 282 g/mol. The smallest absolute Gasteiger partial charge is 0.292 e. The van der Waals surface area contributed by atoms with E-state index in [2.05, 4.69) is 16.7 Å². The van der Waals surface area contributed by atoms with E-state index < -0.39 is 0 Å². The highest BCUT2D eigenvalue weighted by Crippen LogP contribution is 2.31. The molecule has 0 aliphatic carbocycles. The van der Waals surface area contributed by atoms with Crippen molar-refractivity contribution in [2.75, 3.05) is 37.7 Å². The Hall–Kier alpha value is -1.66. The minimum Gasteiger partial charge on any atom is -0.376 e. The summed E-state index contributed by atoms with van der Waals surface area (Å²) >= 11 is 0. The Labute approximate surface area is 130 Å². The van der Waals surface area contributed by atoms with Crippen molar-refractivity contribution >= 4 is 11.4 Å². The molecule has 0 spiro atoms. The Bertz CT molecular complexity index is 529. The molecule has 2 heterocycles. The van der Waals surface area contributed by atoms with Crippen molar-refractivity contribution in [2.45, 2.75) is 31.9 Å². The molecule has 0 saturated carbocycles. The number of morpholine rings is 1. The highest BCUT2D eigenvalue weighted by Gasteiger charge is 2.29. The third-order valence-electron chi connectivity index (χ3n) is 4.67. The molecule has 2 saturated heterocycles. The number of anilines is 1. The second kappa shape index (κ2) is 6.62. The lowest BCUT2D eigenvalue weighted by Gasteiger charge is -2.42. The Morgan fingerprint density at radius 2 is 1.95 bits per heavy atom. The van der Waals surface area contributed by atoms with E-state index in [1.165, 1.54) is 0 Å². The van der Waals surface area contributed by atoms with Crippen molar-refractivity contribution in [1.29, 1.82) is 0 Å². The van der Waals surface area contributed by atoms with E-state index in [-0.39, 0.29) is 10.6 Å². The summed E-state index contributed by atoms with van der Waals surface area (Å²) in [5, 5.41) is 11.2. The van der Waals surface area contributed by atoms with Gasteiger partial charge in [0.05, 0.1) is 17.6 Å². The van der Waals surface area contributed by atoms with Gasteiger partial charge in [0.15, 0.2) is 0 Å². The van der Waals surface area contributed by atoms with E-state index in [4.69, 9.17) is 4.74 Å². The van der Waals surface area contributed by atoms with Gasteiger partial charge in [0.2, 0.25) is 0 Å². The standard InChI is InChI=1S/C16H23N3O3/c1-13-12-18(10-11-22-13)14-6-8-17(9-7-14)15-4-2-3-5-16(15)19(20)21/h2-5,13-14H,6-12H2,1H3. The van der Waals surface area contributed by atoms with Crippen LogP contribution in [0.5, 0.6) is 0 Å². The first-order valence-corrected chi connectivity index (χ1v) is 7.99. The molecule has 1 aromatic rings. The van der Waals surface area contributed by atoms with Crippen LogP contribution in [-0.4, -0.2) is 54.8 Å². The maximum atomic E-state index is 11.2.